The molecule has 2 aromatic rings. The van der Waals surface area contributed by atoms with Crippen LogP contribution in [-0.2, 0) is 10.0 Å². The third-order valence-corrected chi connectivity index (χ3v) is 6.11. The minimum atomic E-state index is -3.27. The summed E-state index contributed by atoms with van der Waals surface area (Å²) >= 11 is 0. The van der Waals surface area contributed by atoms with E-state index >= 15 is 0 Å². The predicted octanol–water partition coefficient (Wildman–Crippen LogP) is 1.68. The summed E-state index contributed by atoms with van der Waals surface area (Å²) in [6, 6.07) is 8.81. The number of nitrogens with zero attached hydrogens (tertiary/aromatic N) is 2. The fraction of sp³-hybridized carbons (Fsp3) is 0.333. The van der Waals surface area contributed by atoms with Crippen molar-refractivity contribution >= 4 is 21.6 Å². The van der Waals surface area contributed by atoms with Crippen LogP contribution in [0.2, 0.25) is 0 Å². The topological polar surface area (TPSA) is 105 Å². The van der Waals surface area contributed by atoms with Gasteiger partial charge in [-0.1, -0.05) is 12.1 Å². The second-order valence-corrected chi connectivity index (χ2v) is 8.36. The first-order valence-corrected chi connectivity index (χ1v) is 9.98. The molecule has 0 bridgehead atoms. The van der Waals surface area contributed by atoms with Crippen LogP contribution in [0.4, 0.5) is 5.69 Å². The molecule has 1 saturated carbocycles. The molecule has 0 unspecified atom stereocenters. The Hall–Kier alpha value is -2.45. The van der Waals surface area contributed by atoms with Crippen molar-refractivity contribution in [3.05, 3.63) is 48.3 Å². The van der Waals surface area contributed by atoms with Gasteiger partial charge in [0.1, 0.15) is 0 Å². The molecule has 0 saturated heterocycles. The zero-order valence-electron chi connectivity index (χ0n) is 14.6. The number of nitrogens with one attached hydrogen (secondary N) is 1. The van der Waals surface area contributed by atoms with Crippen LogP contribution in [0, 0.1) is 0 Å². The van der Waals surface area contributed by atoms with E-state index in [0.717, 1.165) is 24.0 Å². The van der Waals surface area contributed by atoms with Crippen LogP contribution in [0.25, 0.3) is 11.1 Å². The zero-order chi connectivity index (χ0) is 18.7. The number of anilines is 1. The van der Waals surface area contributed by atoms with Crippen LogP contribution in [0.15, 0.2) is 42.7 Å². The lowest BCUT2D eigenvalue weighted by Crippen LogP contribution is -2.31. The summed E-state index contributed by atoms with van der Waals surface area (Å²) in [4.78, 5) is 18.1. The molecule has 26 heavy (non-hydrogen) atoms. The SMILES string of the molecule is CN(CCN)C(=O)c1cncc(-c2ccc(NS(=O)(=O)C3CC3)cc2)c1. The average molecular weight is 374 g/mol. The Labute approximate surface area is 153 Å². The summed E-state index contributed by atoms with van der Waals surface area (Å²) in [7, 11) is -1.58. The molecular formula is C18H22N4O3S. The number of benzene rings is 1. The number of likely N-dealkylation sites (N-methyl/N-ethyl adjacent to an activating group) is 1. The Morgan fingerprint density at radius 1 is 1.23 bits per heavy atom. The maximum absolute atomic E-state index is 12.4. The third kappa shape index (κ3) is 4.20. The minimum absolute atomic E-state index is 0.140. The largest absolute Gasteiger partial charge is 0.340 e. The van der Waals surface area contributed by atoms with Crippen LogP contribution in [-0.4, -0.2) is 49.6 Å². The lowest BCUT2D eigenvalue weighted by Gasteiger charge is -2.16. The minimum Gasteiger partial charge on any atom is -0.340 e. The summed E-state index contributed by atoms with van der Waals surface area (Å²) in [5.74, 6) is -0.140. The van der Waals surface area contributed by atoms with Crippen molar-refractivity contribution in [2.45, 2.75) is 18.1 Å². The molecule has 138 valence electrons. The van der Waals surface area contributed by atoms with Crippen molar-refractivity contribution in [1.82, 2.24) is 9.88 Å². The van der Waals surface area contributed by atoms with Crippen LogP contribution in [0.3, 0.4) is 0 Å². The number of carbonyl (C=O) groups excluding carboxylic acids is 1. The van der Waals surface area contributed by atoms with Crippen LogP contribution >= 0.6 is 0 Å². The van der Waals surface area contributed by atoms with Gasteiger partial charge in [0, 0.05) is 43.8 Å². The van der Waals surface area contributed by atoms with Crippen molar-refractivity contribution in [2.24, 2.45) is 5.73 Å². The van der Waals surface area contributed by atoms with E-state index < -0.39 is 10.0 Å². The van der Waals surface area contributed by atoms with Gasteiger partial charge in [-0.3, -0.25) is 14.5 Å². The number of carbonyl (C=O) groups is 1. The molecule has 8 heteroatoms. The first-order valence-electron chi connectivity index (χ1n) is 8.43. The fourth-order valence-electron chi connectivity index (χ4n) is 2.59. The van der Waals surface area contributed by atoms with Gasteiger partial charge in [0.25, 0.3) is 5.91 Å². The standard InChI is InChI=1S/C18H22N4O3S/c1-22(9-8-19)18(23)15-10-14(11-20-12-15)13-2-4-16(5-3-13)21-26(24,25)17-6-7-17/h2-5,10-12,17,21H,6-9,19H2,1H3. The molecule has 7 nitrogen and oxygen atoms in total. The van der Waals surface area contributed by atoms with E-state index in [1.54, 1.807) is 48.5 Å². The van der Waals surface area contributed by atoms with Crippen LogP contribution < -0.4 is 10.5 Å². The second-order valence-electron chi connectivity index (χ2n) is 6.40. The predicted molar refractivity (Wildman–Crippen MR) is 101 cm³/mol. The first-order chi connectivity index (χ1) is 12.4. The molecular weight excluding hydrogens is 352 g/mol. The molecule has 1 aliphatic carbocycles. The van der Waals surface area contributed by atoms with Gasteiger partial charge in [0.15, 0.2) is 0 Å². The van der Waals surface area contributed by atoms with Gasteiger partial charge >= 0.3 is 0 Å². The van der Waals surface area contributed by atoms with E-state index in [4.69, 9.17) is 5.73 Å². The summed E-state index contributed by atoms with van der Waals surface area (Å²) < 4.78 is 26.6. The normalized spacial score (nSPS) is 14.1. The fourth-order valence-corrected chi connectivity index (χ4v) is 3.97. The number of hydrogen-bond acceptors (Lipinski definition) is 5. The molecule has 0 spiro atoms. The van der Waals surface area contributed by atoms with Crippen molar-refractivity contribution in [3.8, 4) is 11.1 Å². The number of hydrogen-bond donors (Lipinski definition) is 2. The van der Waals surface area contributed by atoms with Crippen LogP contribution in [0.1, 0.15) is 23.2 Å². The van der Waals surface area contributed by atoms with E-state index in [0.29, 0.717) is 24.3 Å². The summed E-state index contributed by atoms with van der Waals surface area (Å²) in [6.45, 7) is 0.868. The van der Waals surface area contributed by atoms with Gasteiger partial charge in [-0.05, 0) is 36.6 Å². The molecule has 1 aliphatic rings. The average Bonchev–Trinajstić information content (AvgIpc) is 3.47. The molecule has 1 amide bonds. The lowest BCUT2D eigenvalue weighted by molar-refractivity contribution is 0.0798. The summed E-state index contributed by atoms with van der Waals surface area (Å²) in [5.41, 5.74) is 8.14. The van der Waals surface area contributed by atoms with Gasteiger partial charge in [0.2, 0.25) is 10.0 Å². The smallest absolute Gasteiger partial charge is 0.255 e. The van der Waals surface area contributed by atoms with E-state index in [-0.39, 0.29) is 11.2 Å². The van der Waals surface area contributed by atoms with Gasteiger partial charge in [-0.15, -0.1) is 0 Å². The number of sulfonamides is 1. The van der Waals surface area contributed by atoms with E-state index in [9.17, 15) is 13.2 Å². The van der Waals surface area contributed by atoms with E-state index in [1.165, 1.54) is 6.20 Å². The highest BCUT2D eigenvalue weighted by molar-refractivity contribution is 7.93. The third-order valence-electron chi connectivity index (χ3n) is 4.24. The van der Waals surface area contributed by atoms with Gasteiger partial charge in [-0.2, -0.15) is 0 Å². The molecule has 1 aromatic heterocycles. The van der Waals surface area contributed by atoms with E-state index in [2.05, 4.69) is 9.71 Å². The number of aromatic nitrogens is 1. The van der Waals surface area contributed by atoms with E-state index in [1.807, 2.05) is 0 Å². The molecule has 3 rings (SSSR count). The summed E-state index contributed by atoms with van der Waals surface area (Å²) in [6.07, 6.45) is 4.64. The number of nitrogens with two attached hydrogens (primary N) is 1. The Balaban J connectivity index is 1.77. The Bertz CT molecular complexity index is 893. The Morgan fingerprint density at radius 2 is 1.92 bits per heavy atom. The molecule has 1 heterocycles. The number of pyridine rings is 1. The molecule has 0 aliphatic heterocycles. The highest BCUT2D eigenvalue weighted by Crippen LogP contribution is 2.30. The number of amides is 1. The zero-order valence-corrected chi connectivity index (χ0v) is 15.4. The highest BCUT2D eigenvalue weighted by Gasteiger charge is 2.35. The molecule has 0 atom stereocenters. The Kier molecular flexibility index (Phi) is 5.24. The molecule has 1 aromatic carbocycles. The van der Waals surface area contributed by atoms with Crippen molar-refractivity contribution in [1.29, 1.82) is 0 Å². The lowest BCUT2D eigenvalue weighted by atomic mass is 10.1. The van der Waals surface area contributed by atoms with Crippen molar-refractivity contribution < 1.29 is 13.2 Å². The summed E-state index contributed by atoms with van der Waals surface area (Å²) in [5, 5.41) is -0.264. The molecule has 3 N–H and O–H groups in total. The maximum atomic E-state index is 12.4. The highest BCUT2D eigenvalue weighted by atomic mass is 32.2. The second kappa shape index (κ2) is 7.43. The molecule has 0 radical (unpaired) electrons. The first kappa shape index (κ1) is 18.3. The van der Waals surface area contributed by atoms with Gasteiger partial charge in [-0.25, -0.2) is 8.42 Å². The van der Waals surface area contributed by atoms with Gasteiger partial charge in [0.05, 0.1) is 10.8 Å². The van der Waals surface area contributed by atoms with Crippen molar-refractivity contribution in [2.75, 3.05) is 24.9 Å². The quantitative estimate of drug-likeness (QED) is 0.767. The van der Waals surface area contributed by atoms with Crippen molar-refractivity contribution in [3.63, 3.8) is 0 Å². The van der Waals surface area contributed by atoms with Gasteiger partial charge < -0.3 is 10.6 Å². The monoisotopic (exact) mass is 374 g/mol. The Morgan fingerprint density at radius 3 is 2.54 bits per heavy atom. The number of rotatable bonds is 7. The maximum Gasteiger partial charge on any atom is 0.255 e. The van der Waals surface area contributed by atoms with Crippen LogP contribution in [0.5, 0.6) is 0 Å². The molecule has 1 fully saturated rings.